The monoisotopic (exact) mass is 583 g/mol. The molecule has 7 nitrogen and oxygen atoms in total. The van der Waals surface area contributed by atoms with Crippen LogP contribution in [0.4, 0.5) is 5.69 Å². The molecule has 1 atom stereocenters. The molecule has 3 aromatic carbocycles. The Kier molecular flexibility index (Phi) is 10.4. The predicted molar refractivity (Wildman–Crippen MR) is 161 cm³/mol. The summed E-state index contributed by atoms with van der Waals surface area (Å²) >= 11 is 6.07. The molecule has 9 heteroatoms. The van der Waals surface area contributed by atoms with Crippen molar-refractivity contribution < 1.29 is 18.0 Å². The molecule has 0 bridgehead atoms. The molecule has 1 N–H and O–H groups in total. The first-order valence-corrected chi connectivity index (χ1v) is 15.2. The van der Waals surface area contributed by atoms with E-state index in [0.29, 0.717) is 17.1 Å². The Morgan fingerprint density at radius 1 is 0.900 bits per heavy atom. The van der Waals surface area contributed by atoms with Gasteiger partial charge < -0.3 is 10.2 Å². The van der Waals surface area contributed by atoms with E-state index in [0.717, 1.165) is 26.6 Å². The van der Waals surface area contributed by atoms with Crippen LogP contribution in [-0.2, 0) is 26.2 Å². The van der Waals surface area contributed by atoms with Crippen LogP contribution in [0.15, 0.2) is 71.6 Å². The molecule has 3 aromatic rings. The molecular formula is C31H38ClN3O4S. The molecular weight excluding hydrogens is 546 g/mol. The van der Waals surface area contributed by atoms with E-state index in [9.17, 15) is 18.0 Å². The lowest BCUT2D eigenvalue weighted by atomic mass is 10.1. The highest BCUT2D eigenvalue weighted by Gasteiger charge is 2.34. The average Bonchev–Trinajstić information content (AvgIpc) is 2.88. The van der Waals surface area contributed by atoms with Gasteiger partial charge in [-0.2, -0.15) is 0 Å². The van der Waals surface area contributed by atoms with E-state index in [1.807, 2.05) is 53.7 Å². The lowest BCUT2D eigenvalue weighted by Gasteiger charge is -2.34. The molecule has 0 aliphatic carbocycles. The molecule has 0 heterocycles. The van der Waals surface area contributed by atoms with Crippen LogP contribution in [0, 0.1) is 20.8 Å². The number of amides is 2. The summed E-state index contributed by atoms with van der Waals surface area (Å²) in [5.41, 5.74) is 3.79. The third-order valence-corrected chi connectivity index (χ3v) is 8.62. The van der Waals surface area contributed by atoms with Crippen molar-refractivity contribution in [1.29, 1.82) is 0 Å². The lowest BCUT2D eigenvalue weighted by molar-refractivity contribution is -0.140. The van der Waals surface area contributed by atoms with Crippen LogP contribution in [0.25, 0.3) is 0 Å². The number of anilines is 1. The first-order chi connectivity index (χ1) is 18.8. The van der Waals surface area contributed by atoms with E-state index >= 15 is 0 Å². The van der Waals surface area contributed by atoms with E-state index in [-0.39, 0.29) is 23.4 Å². The zero-order valence-corrected chi connectivity index (χ0v) is 25.5. The van der Waals surface area contributed by atoms with Gasteiger partial charge in [0.25, 0.3) is 10.0 Å². The number of carbonyl (C=O) groups excluding carboxylic acids is 2. The molecule has 0 fully saturated rings. The van der Waals surface area contributed by atoms with Crippen LogP contribution >= 0.6 is 11.6 Å². The second kappa shape index (κ2) is 13.3. The van der Waals surface area contributed by atoms with Crippen LogP contribution in [0.3, 0.4) is 0 Å². The molecule has 2 amide bonds. The van der Waals surface area contributed by atoms with Gasteiger partial charge in [-0.1, -0.05) is 66.0 Å². The molecule has 0 aromatic heterocycles. The number of benzene rings is 3. The van der Waals surface area contributed by atoms with Crippen LogP contribution in [0.5, 0.6) is 0 Å². The second-order valence-electron chi connectivity index (χ2n) is 10.4. The summed E-state index contributed by atoms with van der Waals surface area (Å²) in [6.45, 7) is 10.8. The summed E-state index contributed by atoms with van der Waals surface area (Å²) < 4.78 is 29.2. The Morgan fingerprint density at radius 2 is 1.50 bits per heavy atom. The third kappa shape index (κ3) is 7.64. The number of rotatable bonds is 11. The first kappa shape index (κ1) is 31.2. The van der Waals surface area contributed by atoms with Gasteiger partial charge in [-0.25, -0.2) is 8.42 Å². The van der Waals surface area contributed by atoms with Crippen LogP contribution in [0.2, 0.25) is 5.02 Å². The molecule has 0 radical (unpaired) electrons. The van der Waals surface area contributed by atoms with Crippen molar-refractivity contribution in [3.63, 3.8) is 0 Å². The topological polar surface area (TPSA) is 86.8 Å². The van der Waals surface area contributed by atoms with Crippen molar-refractivity contribution >= 4 is 39.1 Å². The van der Waals surface area contributed by atoms with Crippen LogP contribution in [-0.4, -0.2) is 43.8 Å². The van der Waals surface area contributed by atoms with E-state index in [4.69, 9.17) is 11.6 Å². The SMILES string of the molecule is CC[C@H](C(=O)NC(C)C)N(Cc1ccc(Cl)cc1)C(=O)CN(c1ccc(C)cc1C)S(=O)(=O)c1ccc(C)cc1. The Morgan fingerprint density at radius 3 is 2.05 bits per heavy atom. The minimum absolute atomic E-state index is 0.0831. The van der Waals surface area contributed by atoms with Gasteiger partial charge in [-0.05, 0) is 82.5 Å². The maximum Gasteiger partial charge on any atom is 0.264 e. The van der Waals surface area contributed by atoms with Crippen molar-refractivity contribution in [2.45, 2.75) is 71.5 Å². The van der Waals surface area contributed by atoms with Gasteiger partial charge in [-0.15, -0.1) is 0 Å². The highest BCUT2D eigenvalue weighted by Crippen LogP contribution is 2.28. The molecule has 0 spiro atoms. The summed E-state index contributed by atoms with van der Waals surface area (Å²) in [7, 11) is -4.12. The molecule has 0 aliphatic heterocycles. The quantitative estimate of drug-likeness (QED) is 0.309. The van der Waals surface area contributed by atoms with Crippen molar-refractivity contribution in [3.8, 4) is 0 Å². The number of hydrogen-bond donors (Lipinski definition) is 1. The van der Waals surface area contributed by atoms with Gasteiger partial charge in [0, 0.05) is 17.6 Å². The lowest BCUT2D eigenvalue weighted by Crippen LogP contribution is -2.53. The molecule has 3 rings (SSSR count). The summed E-state index contributed by atoms with van der Waals surface area (Å²) in [6.07, 6.45) is 0.353. The molecule has 214 valence electrons. The molecule has 0 saturated heterocycles. The Labute approximate surface area is 243 Å². The summed E-state index contributed by atoms with van der Waals surface area (Å²) in [4.78, 5) is 28.9. The number of nitrogens with zero attached hydrogens (tertiary/aromatic N) is 2. The van der Waals surface area contributed by atoms with E-state index in [1.165, 1.54) is 4.90 Å². The van der Waals surface area contributed by atoms with Crippen molar-refractivity contribution in [3.05, 3.63) is 94.0 Å². The fourth-order valence-corrected chi connectivity index (χ4v) is 6.13. The van der Waals surface area contributed by atoms with Gasteiger partial charge in [-0.3, -0.25) is 13.9 Å². The van der Waals surface area contributed by atoms with E-state index in [2.05, 4.69) is 5.32 Å². The summed E-state index contributed by atoms with van der Waals surface area (Å²) in [5.74, 6) is -0.782. The van der Waals surface area contributed by atoms with Gasteiger partial charge in [0.2, 0.25) is 11.8 Å². The maximum atomic E-state index is 14.1. The van der Waals surface area contributed by atoms with Gasteiger partial charge in [0.05, 0.1) is 10.6 Å². The standard InChI is InChI=1S/C31H38ClN3O4S/c1-7-28(31(37)33-21(2)3)34(19-25-11-13-26(32)14-12-25)30(36)20-35(29-17-10-23(5)18-24(29)6)40(38,39)27-15-8-22(4)9-16-27/h8-18,21,28H,7,19-20H2,1-6H3,(H,33,37)/t28-/m1/s1. The number of hydrogen-bond acceptors (Lipinski definition) is 4. The summed E-state index contributed by atoms with van der Waals surface area (Å²) in [6, 6.07) is 18.1. The number of carbonyl (C=O) groups is 2. The van der Waals surface area contributed by atoms with Crippen LogP contribution < -0.4 is 9.62 Å². The molecule has 0 unspecified atom stereocenters. The fourth-order valence-electron chi connectivity index (χ4n) is 4.52. The van der Waals surface area contributed by atoms with Crippen molar-refractivity contribution in [2.24, 2.45) is 0 Å². The minimum Gasteiger partial charge on any atom is -0.352 e. The predicted octanol–water partition coefficient (Wildman–Crippen LogP) is 5.79. The van der Waals surface area contributed by atoms with Crippen molar-refractivity contribution in [2.75, 3.05) is 10.8 Å². The largest absolute Gasteiger partial charge is 0.352 e. The fraction of sp³-hybridized carbons (Fsp3) is 0.355. The summed E-state index contributed by atoms with van der Waals surface area (Å²) in [5, 5.41) is 3.45. The van der Waals surface area contributed by atoms with Gasteiger partial charge >= 0.3 is 0 Å². The number of halogens is 1. The number of sulfonamides is 1. The van der Waals surface area contributed by atoms with E-state index < -0.39 is 28.5 Å². The Bertz CT molecular complexity index is 1440. The Balaban J connectivity index is 2.09. The first-order valence-electron chi connectivity index (χ1n) is 13.3. The third-order valence-electron chi connectivity index (χ3n) is 6.59. The normalized spacial score (nSPS) is 12.2. The van der Waals surface area contributed by atoms with E-state index in [1.54, 1.807) is 54.6 Å². The zero-order chi connectivity index (χ0) is 29.6. The van der Waals surface area contributed by atoms with Crippen molar-refractivity contribution in [1.82, 2.24) is 10.2 Å². The van der Waals surface area contributed by atoms with Gasteiger partial charge in [0.1, 0.15) is 12.6 Å². The highest BCUT2D eigenvalue weighted by atomic mass is 35.5. The minimum atomic E-state index is -4.12. The molecule has 0 saturated carbocycles. The maximum absolute atomic E-state index is 14.1. The number of aryl methyl sites for hydroxylation is 3. The van der Waals surface area contributed by atoms with Crippen LogP contribution in [0.1, 0.15) is 49.4 Å². The highest BCUT2D eigenvalue weighted by molar-refractivity contribution is 7.92. The molecule has 0 aliphatic rings. The van der Waals surface area contributed by atoms with Gasteiger partial charge in [0.15, 0.2) is 0 Å². The average molecular weight is 584 g/mol. The smallest absolute Gasteiger partial charge is 0.264 e. The Hall–Kier alpha value is -3.36. The zero-order valence-electron chi connectivity index (χ0n) is 23.9. The molecule has 40 heavy (non-hydrogen) atoms. The second-order valence-corrected chi connectivity index (χ2v) is 12.6. The number of nitrogens with one attached hydrogen (secondary N) is 1.